The molecule has 0 aliphatic heterocycles. The predicted molar refractivity (Wildman–Crippen MR) is 55.8 cm³/mol. The van der Waals surface area contributed by atoms with Gasteiger partial charge in [0.15, 0.2) is 0 Å². The summed E-state index contributed by atoms with van der Waals surface area (Å²) in [5.74, 6) is 0. The molecule has 1 aromatic rings. The van der Waals surface area contributed by atoms with E-state index in [0.29, 0.717) is 13.0 Å². The van der Waals surface area contributed by atoms with Crippen molar-refractivity contribution in [3.05, 3.63) is 46.5 Å². The van der Waals surface area contributed by atoms with Gasteiger partial charge in [0.2, 0.25) is 0 Å². The molecule has 0 heterocycles. The summed E-state index contributed by atoms with van der Waals surface area (Å²) in [6.07, 6.45) is 0.654. The lowest BCUT2D eigenvalue weighted by molar-refractivity contribution is -0.384. The van der Waals surface area contributed by atoms with Gasteiger partial charge in [0.05, 0.1) is 4.92 Å². The van der Waals surface area contributed by atoms with Crippen LogP contribution in [0.5, 0.6) is 0 Å². The zero-order chi connectivity index (χ0) is 10.6. The average molecular weight is 192 g/mol. The zero-order valence-electron chi connectivity index (χ0n) is 7.77. The topological polar surface area (TPSA) is 69.2 Å². The van der Waals surface area contributed by atoms with Crippen LogP contribution in [0.25, 0.3) is 5.57 Å². The van der Waals surface area contributed by atoms with Crippen LogP contribution in [0.1, 0.15) is 12.0 Å². The summed E-state index contributed by atoms with van der Waals surface area (Å²) in [6, 6.07) is 6.41. The summed E-state index contributed by atoms with van der Waals surface area (Å²) in [5, 5.41) is 10.5. The third-order valence-corrected chi connectivity index (χ3v) is 1.91. The fraction of sp³-hybridized carbons (Fsp3) is 0.200. The lowest BCUT2D eigenvalue weighted by atomic mass is 10.0. The monoisotopic (exact) mass is 192 g/mol. The van der Waals surface area contributed by atoms with E-state index in [2.05, 4.69) is 6.58 Å². The van der Waals surface area contributed by atoms with E-state index >= 15 is 0 Å². The standard InChI is InChI=1S/C10H12N2O2/c1-8(5-6-11)9-3-2-4-10(7-9)12(13)14/h2-4,7H,1,5-6,11H2. The minimum absolute atomic E-state index is 0.0840. The fourth-order valence-electron chi connectivity index (χ4n) is 1.16. The van der Waals surface area contributed by atoms with Crippen LogP contribution >= 0.6 is 0 Å². The van der Waals surface area contributed by atoms with Crippen molar-refractivity contribution in [1.82, 2.24) is 0 Å². The molecular formula is C10H12N2O2. The molecule has 4 heteroatoms. The van der Waals surface area contributed by atoms with Gasteiger partial charge in [-0.1, -0.05) is 18.7 Å². The molecule has 0 amide bonds. The van der Waals surface area contributed by atoms with E-state index in [1.165, 1.54) is 12.1 Å². The molecule has 14 heavy (non-hydrogen) atoms. The zero-order valence-corrected chi connectivity index (χ0v) is 7.77. The highest BCUT2D eigenvalue weighted by Crippen LogP contribution is 2.20. The molecule has 1 aromatic carbocycles. The third-order valence-electron chi connectivity index (χ3n) is 1.91. The Balaban J connectivity index is 2.93. The van der Waals surface area contributed by atoms with E-state index in [4.69, 9.17) is 5.73 Å². The third kappa shape index (κ3) is 2.40. The number of nitrogens with zero attached hydrogens (tertiary/aromatic N) is 1. The Morgan fingerprint density at radius 1 is 1.57 bits per heavy atom. The van der Waals surface area contributed by atoms with Crippen LogP contribution in [-0.2, 0) is 0 Å². The largest absolute Gasteiger partial charge is 0.330 e. The number of hydrogen-bond donors (Lipinski definition) is 1. The number of nitro groups is 1. The van der Waals surface area contributed by atoms with E-state index in [-0.39, 0.29) is 5.69 Å². The smallest absolute Gasteiger partial charge is 0.270 e. The molecule has 0 spiro atoms. The Morgan fingerprint density at radius 3 is 2.86 bits per heavy atom. The van der Waals surface area contributed by atoms with Crippen molar-refractivity contribution in [3.8, 4) is 0 Å². The van der Waals surface area contributed by atoms with Crippen molar-refractivity contribution in [2.24, 2.45) is 5.73 Å². The molecular weight excluding hydrogens is 180 g/mol. The fourth-order valence-corrected chi connectivity index (χ4v) is 1.16. The molecule has 0 unspecified atom stereocenters. The first-order chi connectivity index (χ1) is 6.65. The summed E-state index contributed by atoms with van der Waals surface area (Å²) in [4.78, 5) is 10.1. The first-order valence-corrected chi connectivity index (χ1v) is 4.28. The molecule has 0 aromatic heterocycles. The molecule has 4 nitrogen and oxygen atoms in total. The molecule has 0 fully saturated rings. The van der Waals surface area contributed by atoms with E-state index < -0.39 is 4.92 Å². The molecule has 0 saturated heterocycles. The van der Waals surface area contributed by atoms with Gasteiger partial charge in [-0.15, -0.1) is 0 Å². The number of non-ortho nitro benzene ring substituents is 1. The highest BCUT2D eigenvalue weighted by atomic mass is 16.6. The average Bonchev–Trinajstić information content (AvgIpc) is 2.18. The summed E-state index contributed by atoms with van der Waals surface area (Å²) < 4.78 is 0. The summed E-state index contributed by atoms with van der Waals surface area (Å²) in [6.45, 7) is 4.31. The van der Waals surface area contributed by atoms with Gasteiger partial charge in [0.1, 0.15) is 0 Å². The second-order valence-corrected chi connectivity index (χ2v) is 2.95. The van der Waals surface area contributed by atoms with E-state index in [0.717, 1.165) is 11.1 Å². The van der Waals surface area contributed by atoms with Gasteiger partial charge >= 0.3 is 0 Å². The van der Waals surface area contributed by atoms with Gasteiger partial charge in [0, 0.05) is 12.1 Å². The van der Waals surface area contributed by atoms with Gasteiger partial charge in [-0.2, -0.15) is 0 Å². The Bertz CT molecular complexity index is 361. The van der Waals surface area contributed by atoms with Crippen molar-refractivity contribution in [2.75, 3.05) is 6.54 Å². The first kappa shape index (κ1) is 10.4. The Hall–Kier alpha value is -1.68. The Labute approximate surface area is 82.2 Å². The molecule has 0 aliphatic carbocycles. The maximum Gasteiger partial charge on any atom is 0.270 e. The van der Waals surface area contributed by atoms with Crippen LogP contribution in [0.15, 0.2) is 30.8 Å². The molecule has 0 bridgehead atoms. The molecule has 2 N–H and O–H groups in total. The highest BCUT2D eigenvalue weighted by molar-refractivity contribution is 5.65. The van der Waals surface area contributed by atoms with E-state index in [1.807, 2.05) is 0 Å². The first-order valence-electron chi connectivity index (χ1n) is 4.28. The van der Waals surface area contributed by atoms with Crippen molar-refractivity contribution in [3.63, 3.8) is 0 Å². The number of nitrogens with two attached hydrogens (primary N) is 1. The Morgan fingerprint density at radius 2 is 2.29 bits per heavy atom. The molecule has 0 saturated carbocycles. The van der Waals surface area contributed by atoms with Crippen LogP contribution < -0.4 is 5.73 Å². The van der Waals surface area contributed by atoms with Crippen LogP contribution in [0.2, 0.25) is 0 Å². The number of benzene rings is 1. The second-order valence-electron chi connectivity index (χ2n) is 2.95. The maximum absolute atomic E-state index is 10.5. The summed E-state index contributed by atoms with van der Waals surface area (Å²) >= 11 is 0. The van der Waals surface area contributed by atoms with E-state index in [9.17, 15) is 10.1 Å². The summed E-state index contributed by atoms with van der Waals surface area (Å²) in [7, 11) is 0. The molecule has 1 rings (SSSR count). The van der Waals surface area contributed by atoms with Crippen LogP contribution in [-0.4, -0.2) is 11.5 Å². The molecule has 74 valence electrons. The van der Waals surface area contributed by atoms with Crippen molar-refractivity contribution < 1.29 is 4.92 Å². The van der Waals surface area contributed by atoms with Crippen LogP contribution in [0.3, 0.4) is 0 Å². The van der Waals surface area contributed by atoms with Gasteiger partial charge in [-0.25, -0.2) is 0 Å². The van der Waals surface area contributed by atoms with Crippen molar-refractivity contribution in [1.29, 1.82) is 0 Å². The normalized spacial score (nSPS) is 9.79. The lowest BCUT2D eigenvalue weighted by Crippen LogP contribution is -1.99. The predicted octanol–water partition coefficient (Wildman–Crippen LogP) is 1.96. The van der Waals surface area contributed by atoms with E-state index in [1.54, 1.807) is 12.1 Å². The van der Waals surface area contributed by atoms with Gasteiger partial charge in [0.25, 0.3) is 5.69 Å². The number of hydrogen-bond acceptors (Lipinski definition) is 3. The van der Waals surface area contributed by atoms with Crippen molar-refractivity contribution in [2.45, 2.75) is 6.42 Å². The molecule has 0 radical (unpaired) electrons. The minimum atomic E-state index is -0.417. The quantitative estimate of drug-likeness (QED) is 0.585. The van der Waals surface area contributed by atoms with Crippen LogP contribution in [0.4, 0.5) is 5.69 Å². The lowest BCUT2D eigenvalue weighted by Gasteiger charge is -2.03. The minimum Gasteiger partial charge on any atom is -0.330 e. The number of rotatable bonds is 4. The van der Waals surface area contributed by atoms with Crippen molar-refractivity contribution >= 4 is 11.3 Å². The van der Waals surface area contributed by atoms with Crippen LogP contribution in [0, 0.1) is 10.1 Å². The molecule has 0 aliphatic rings. The van der Waals surface area contributed by atoms with Gasteiger partial charge < -0.3 is 5.73 Å². The molecule has 0 atom stereocenters. The maximum atomic E-state index is 10.5. The highest BCUT2D eigenvalue weighted by Gasteiger charge is 2.06. The second kappa shape index (κ2) is 4.53. The summed E-state index contributed by atoms with van der Waals surface area (Å²) in [5.41, 5.74) is 7.07. The SMILES string of the molecule is C=C(CCN)c1cccc([N+](=O)[O-])c1. The van der Waals surface area contributed by atoms with Gasteiger partial charge in [-0.05, 0) is 24.1 Å². The van der Waals surface area contributed by atoms with Gasteiger partial charge in [-0.3, -0.25) is 10.1 Å². The number of nitro benzene ring substituents is 1. The Kier molecular flexibility index (Phi) is 3.36.